The van der Waals surface area contributed by atoms with Gasteiger partial charge in [0.1, 0.15) is 5.82 Å². The Morgan fingerprint density at radius 3 is 2.73 bits per heavy atom. The average molecular weight is 485 g/mol. The molecule has 2 aromatic carbocycles. The summed E-state index contributed by atoms with van der Waals surface area (Å²) in [5, 5.41) is 0.614. The third-order valence-electron chi connectivity index (χ3n) is 5.91. The summed E-state index contributed by atoms with van der Waals surface area (Å²) in [6, 6.07) is 16.4. The lowest BCUT2D eigenvalue weighted by atomic mass is 9.99. The number of carbonyl (C=O) groups excluding carboxylic acids is 2. The zero-order valence-corrected chi connectivity index (χ0v) is 19.1. The molecule has 5 rings (SSSR count). The molecule has 1 atom stereocenters. The summed E-state index contributed by atoms with van der Waals surface area (Å²) in [7, 11) is 0. The molecule has 1 saturated heterocycles. The van der Waals surface area contributed by atoms with Gasteiger partial charge in [-0.2, -0.15) is 4.79 Å². The van der Waals surface area contributed by atoms with Gasteiger partial charge in [-0.05, 0) is 41.8 Å². The maximum absolute atomic E-state index is 15.1. The Morgan fingerprint density at radius 1 is 1.18 bits per heavy atom. The summed E-state index contributed by atoms with van der Waals surface area (Å²) in [6.07, 6.45) is 1.56. The number of hydrogen-bond acceptors (Lipinski definition) is 5. The molecule has 6 nitrogen and oxygen atoms in total. The minimum Gasteiger partial charge on any atom is -0.437 e. The second-order valence-electron chi connectivity index (χ2n) is 7.97. The van der Waals surface area contributed by atoms with Gasteiger partial charge in [-0.3, -0.25) is 4.90 Å². The average Bonchev–Trinajstić information content (AvgIpc) is 3.42. The summed E-state index contributed by atoms with van der Waals surface area (Å²) in [4.78, 5) is 27.3. The number of halogens is 2. The van der Waals surface area contributed by atoms with Crippen molar-refractivity contribution in [3.8, 4) is 0 Å². The van der Waals surface area contributed by atoms with Gasteiger partial charge >= 0.3 is 12.2 Å². The van der Waals surface area contributed by atoms with Gasteiger partial charge in [0.2, 0.25) is 6.54 Å². The normalized spacial score (nSPS) is 17.5. The van der Waals surface area contributed by atoms with Gasteiger partial charge in [0.05, 0.1) is 22.3 Å². The number of cyclic esters (lactones) is 1. The molecule has 3 aromatic rings. The summed E-state index contributed by atoms with van der Waals surface area (Å²) in [5.74, 6) is -0.390. The molecule has 168 valence electrons. The van der Waals surface area contributed by atoms with E-state index in [4.69, 9.17) is 16.3 Å². The lowest BCUT2D eigenvalue weighted by molar-refractivity contribution is -0.443. The highest BCUT2D eigenvalue weighted by atomic mass is 35.5. The number of thiophene rings is 1. The number of ether oxygens (including phenoxy) is 1. The Labute approximate surface area is 199 Å². The zero-order chi connectivity index (χ0) is 22.9. The van der Waals surface area contributed by atoms with E-state index in [0.717, 1.165) is 13.0 Å². The van der Waals surface area contributed by atoms with Crippen LogP contribution in [0.25, 0.3) is 0 Å². The second kappa shape index (κ2) is 8.98. The number of benzene rings is 2. The molecule has 1 aromatic heterocycles. The number of carbonyl (C=O) groups is 1. The van der Waals surface area contributed by atoms with Crippen LogP contribution in [0.1, 0.15) is 11.1 Å². The molecule has 0 unspecified atom stereocenters. The highest BCUT2D eigenvalue weighted by Gasteiger charge is 2.36. The number of amides is 1. The molecular formula is C24H20ClFN3O3S+. The van der Waals surface area contributed by atoms with Crippen molar-refractivity contribution in [3.63, 3.8) is 0 Å². The topological polar surface area (TPSA) is 52.9 Å². The van der Waals surface area contributed by atoms with Crippen LogP contribution in [-0.2, 0) is 22.5 Å². The molecule has 0 radical (unpaired) electrons. The van der Waals surface area contributed by atoms with Gasteiger partial charge in [-0.1, -0.05) is 47.2 Å². The van der Waals surface area contributed by atoms with E-state index in [9.17, 15) is 9.59 Å². The molecule has 0 N–H and O–H groups in total. The molecule has 1 amide bonds. The zero-order valence-electron chi connectivity index (χ0n) is 17.5. The van der Waals surface area contributed by atoms with Crippen LogP contribution < -0.4 is 9.80 Å². The van der Waals surface area contributed by atoms with Gasteiger partial charge in [0.15, 0.2) is 6.10 Å². The van der Waals surface area contributed by atoms with Crippen LogP contribution in [0.2, 0.25) is 4.34 Å². The van der Waals surface area contributed by atoms with Crippen molar-refractivity contribution in [2.24, 2.45) is 0 Å². The second-order valence-corrected chi connectivity index (χ2v) is 9.67. The minimum absolute atomic E-state index is 0.135. The summed E-state index contributed by atoms with van der Waals surface area (Å²) >= 11 is 7.18. The van der Waals surface area contributed by atoms with Crippen LogP contribution in [0, 0.1) is 5.82 Å². The van der Waals surface area contributed by atoms with Crippen LogP contribution in [0.5, 0.6) is 0 Å². The van der Waals surface area contributed by atoms with E-state index in [-0.39, 0.29) is 18.9 Å². The van der Waals surface area contributed by atoms with E-state index >= 15 is 4.39 Å². The number of rotatable bonds is 5. The number of nitrogens with zero attached hydrogens (tertiary/aromatic N) is 3. The Balaban J connectivity index is 1.29. The Morgan fingerprint density at radius 2 is 2.00 bits per heavy atom. The first kappa shape index (κ1) is 21.6. The smallest absolute Gasteiger partial charge is 0.431 e. The number of anilines is 2. The predicted octanol–water partition coefficient (Wildman–Crippen LogP) is 5.11. The molecule has 2 aliphatic heterocycles. The molecule has 2 aliphatic rings. The molecule has 0 aliphatic carbocycles. The quantitative estimate of drug-likeness (QED) is 0.287. The van der Waals surface area contributed by atoms with Crippen LogP contribution in [0.3, 0.4) is 0 Å². The molecular weight excluding hydrogens is 465 g/mol. The van der Waals surface area contributed by atoms with E-state index in [1.54, 1.807) is 24.3 Å². The van der Waals surface area contributed by atoms with Crippen molar-refractivity contribution >= 4 is 51.5 Å². The van der Waals surface area contributed by atoms with Crippen molar-refractivity contribution in [2.75, 3.05) is 29.4 Å². The third kappa shape index (κ3) is 4.37. The summed E-state index contributed by atoms with van der Waals surface area (Å²) < 4.78 is 22.4. The predicted molar refractivity (Wildman–Crippen MR) is 125 cm³/mol. The first-order chi connectivity index (χ1) is 16.0. The Bertz CT molecular complexity index is 1270. The van der Waals surface area contributed by atoms with Crippen molar-refractivity contribution in [2.45, 2.75) is 19.1 Å². The van der Waals surface area contributed by atoms with E-state index in [0.29, 0.717) is 27.3 Å². The molecule has 3 heterocycles. The molecule has 0 saturated carbocycles. The van der Waals surface area contributed by atoms with E-state index < -0.39 is 12.2 Å². The number of fused-ring (bicyclic) bond motifs is 1. The minimum atomic E-state index is -0.575. The van der Waals surface area contributed by atoms with Crippen LogP contribution >= 0.6 is 22.9 Å². The maximum Gasteiger partial charge on any atom is 0.431 e. The summed E-state index contributed by atoms with van der Waals surface area (Å²) in [6.45, 7) is 1.71. The Kier molecular flexibility index (Phi) is 5.89. The SMILES string of the molecule is O=C=[N+](C[C@H]1CN(c2ccc(N3CCc4ccccc4C3)c(F)c2)C(=O)O1)c1ccc(Cl)s1. The fraction of sp³-hybridized carbons (Fsp3) is 0.250. The largest absolute Gasteiger partial charge is 0.437 e. The van der Waals surface area contributed by atoms with E-state index in [1.807, 2.05) is 23.1 Å². The van der Waals surface area contributed by atoms with E-state index in [2.05, 4.69) is 12.1 Å². The number of hydrogen-bond donors (Lipinski definition) is 0. The highest BCUT2D eigenvalue weighted by Crippen LogP contribution is 2.32. The molecule has 0 spiro atoms. The van der Waals surface area contributed by atoms with Gasteiger partial charge in [-0.15, -0.1) is 4.58 Å². The van der Waals surface area contributed by atoms with Gasteiger partial charge in [0.25, 0.3) is 5.00 Å². The van der Waals surface area contributed by atoms with Crippen LogP contribution in [-0.4, -0.2) is 42.5 Å². The van der Waals surface area contributed by atoms with Crippen LogP contribution in [0.4, 0.5) is 25.6 Å². The maximum atomic E-state index is 15.1. The van der Waals surface area contributed by atoms with Crippen molar-refractivity contribution < 1.29 is 23.3 Å². The van der Waals surface area contributed by atoms with Gasteiger partial charge in [-0.25, -0.2) is 9.18 Å². The fourth-order valence-corrected chi connectivity index (χ4v) is 5.27. The monoisotopic (exact) mass is 484 g/mol. The molecule has 0 bridgehead atoms. The molecule has 9 heteroatoms. The lowest BCUT2D eigenvalue weighted by Gasteiger charge is -2.31. The first-order valence-corrected chi connectivity index (χ1v) is 11.7. The van der Waals surface area contributed by atoms with E-state index in [1.165, 1.54) is 38.0 Å². The lowest BCUT2D eigenvalue weighted by Crippen LogP contribution is -2.31. The van der Waals surface area contributed by atoms with Crippen molar-refractivity contribution in [1.29, 1.82) is 0 Å². The fourth-order valence-electron chi connectivity index (χ4n) is 4.27. The van der Waals surface area contributed by atoms with Crippen molar-refractivity contribution in [1.82, 2.24) is 0 Å². The number of isocyanates is 1. The third-order valence-corrected chi connectivity index (χ3v) is 7.16. The van der Waals surface area contributed by atoms with Gasteiger partial charge < -0.3 is 9.64 Å². The standard InChI is InChI=1S/C24H20ClFN3O3S/c25-22-7-8-23(33-22)28(15-30)13-19-14-29(24(31)32-19)18-5-6-21(20(26)11-18)27-10-9-16-3-1-2-4-17(16)12-27/h1-8,11,19H,9-10,12-14H2/q+1/t19-/m0/s1. The highest BCUT2D eigenvalue weighted by molar-refractivity contribution is 7.19. The first-order valence-electron chi connectivity index (χ1n) is 10.5. The van der Waals surface area contributed by atoms with Crippen molar-refractivity contribution in [3.05, 3.63) is 75.9 Å². The van der Waals surface area contributed by atoms with Crippen LogP contribution in [0.15, 0.2) is 54.6 Å². The molecule has 1 fully saturated rings. The summed E-state index contributed by atoms with van der Waals surface area (Å²) in [5.41, 5.74) is 3.42. The Hall–Kier alpha value is -3.19. The molecule has 33 heavy (non-hydrogen) atoms. The van der Waals surface area contributed by atoms with Gasteiger partial charge in [0, 0.05) is 19.2 Å².